The van der Waals surface area contributed by atoms with Gasteiger partial charge in [0.25, 0.3) is 0 Å². The lowest BCUT2D eigenvalue weighted by Gasteiger charge is -2.40. The van der Waals surface area contributed by atoms with Crippen molar-refractivity contribution in [1.82, 2.24) is 4.90 Å². The van der Waals surface area contributed by atoms with Gasteiger partial charge in [-0.05, 0) is 31.5 Å². The number of hydrogen-bond acceptors (Lipinski definition) is 4. The summed E-state index contributed by atoms with van der Waals surface area (Å²) in [5.74, 6) is 0.718. The summed E-state index contributed by atoms with van der Waals surface area (Å²) >= 11 is 0. The average Bonchev–Trinajstić information content (AvgIpc) is 2.69. The van der Waals surface area contributed by atoms with Crippen LogP contribution >= 0.6 is 0 Å². The Morgan fingerprint density at radius 1 is 1.00 bits per heavy atom. The van der Waals surface area contributed by atoms with E-state index < -0.39 is 12.0 Å². The maximum absolute atomic E-state index is 11.9. The smallest absolute Gasteiger partial charge is 0.320 e. The quantitative estimate of drug-likeness (QED) is 0.855. The van der Waals surface area contributed by atoms with Crippen LogP contribution in [0.15, 0.2) is 48.5 Å². The minimum atomic E-state index is -0.778. The zero-order valence-electron chi connectivity index (χ0n) is 15.2. The Kier molecular flexibility index (Phi) is 5.78. The first kappa shape index (κ1) is 18.3. The van der Waals surface area contributed by atoms with E-state index in [4.69, 9.17) is 9.47 Å². The minimum absolute atomic E-state index is 0.247. The molecule has 0 amide bonds. The second-order valence-electron chi connectivity index (χ2n) is 6.47. The van der Waals surface area contributed by atoms with Crippen LogP contribution in [0.3, 0.4) is 0 Å². The third kappa shape index (κ3) is 3.53. The largest absolute Gasteiger partial charge is 0.496 e. The molecule has 138 valence electrons. The molecule has 1 unspecified atom stereocenters. The van der Waals surface area contributed by atoms with Crippen LogP contribution in [0.2, 0.25) is 0 Å². The molecule has 2 aromatic carbocycles. The molecule has 1 fully saturated rings. The summed E-state index contributed by atoms with van der Waals surface area (Å²) in [5.41, 5.74) is 1.90. The van der Waals surface area contributed by atoms with Crippen LogP contribution < -0.4 is 9.47 Å². The molecule has 1 heterocycles. The van der Waals surface area contributed by atoms with Gasteiger partial charge in [-0.15, -0.1) is 0 Å². The number of methoxy groups -OCH3 is 2. The van der Waals surface area contributed by atoms with Gasteiger partial charge in [0.15, 0.2) is 0 Å². The molecule has 1 atom stereocenters. The second-order valence-corrected chi connectivity index (χ2v) is 6.47. The first-order chi connectivity index (χ1) is 12.7. The van der Waals surface area contributed by atoms with Crippen LogP contribution in [0.5, 0.6) is 11.5 Å². The Morgan fingerprint density at radius 3 is 2.04 bits per heavy atom. The Labute approximate surface area is 154 Å². The fourth-order valence-corrected chi connectivity index (χ4v) is 3.84. The highest BCUT2D eigenvalue weighted by atomic mass is 16.5. The first-order valence-electron chi connectivity index (χ1n) is 8.91. The molecular formula is C21H25NO4. The monoisotopic (exact) mass is 355 g/mol. The Balaban J connectivity index is 2.17. The topological polar surface area (TPSA) is 59.0 Å². The van der Waals surface area contributed by atoms with Gasteiger partial charge in [-0.25, -0.2) is 0 Å². The van der Waals surface area contributed by atoms with Crippen molar-refractivity contribution in [3.63, 3.8) is 0 Å². The highest BCUT2D eigenvalue weighted by Gasteiger charge is 2.37. The van der Waals surface area contributed by atoms with Crippen LogP contribution in [0, 0.1) is 0 Å². The molecule has 0 saturated carbocycles. The summed E-state index contributed by atoms with van der Waals surface area (Å²) in [4.78, 5) is 14.0. The number of ether oxygens (including phenoxy) is 2. The predicted octanol–water partition coefficient (Wildman–Crippen LogP) is 3.73. The first-order valence-corrected chi connectivity index (χ1v) is 8.91. The van der Waals surface area contributed by atoms with Crippen LogP contribution in [0.1, 0.15) is 36.4 Å². The maximum atomic E-state index is 11.9. The van der Waals surface area contributed by atoms with E-state index in [9.17, 15) is 9.90 Å². The number of para-hydroxylation sites is 2. The van der Waals surface area contributed by atoms with Crippen LogP contribution in [0.4, 0.5) is 0 Å². The van der Waals surface area contributed by atoms with Gasteiger partial charge < -0.3 is 14.6 Å². The SMILES string of the molecule is COc1ccccc1C(c1ccccc1OC)N1CCCCC1C(=O)O. The van der Waals surface area contributed by atoms with Gasteiger partial charge in [-0.2, -0.15) is 0 Å². The van der Waals surface area contributed by atoms with Crippen molar-refractivity contribution in [2.75, 3.05) is 20.8 Å². The average molecular weight is 355 g/mol. The van der Waals surface area contributed by atoms with Crippen molar-refractivity contribution in [2.45, 2.75) is 31.3 Å². The van der Waals surface area contributed by atoms with Crippen LogP contribution in [-0.4, -0.2) is 42.8 Å². The van der Waals surface area contributed by atoms with Crippen molar-refractivity contribution in [3.8, 4) is 11.5 Å². The van der Waals surface area contributed by atoms with E-state index in [1.54, 1.807) is 14.2 Å². The van der Waals surface area contributed by atoms with Gasteiger partial charge in [0, 0.05) is 11.1 Å². The molecule has 0 spiro atoms. The van der Waals surface area contributed by atoms with E-state index >= 15 is 0 Å². The molecule has 26 heavy (non-hydrogen) atoms. The van der Waals surface area contributed by atoms with Crippen molar-refractivity contribution in [1.29, 1.82) is 0 Å². The van der Waals surface area contributed by atoms with Gasteiger partial charge in [0.05, 0.1) is 20.3 Å². The number of benzene rings is 2. The fraction of sp³-hybridized carbons (Fsp3) is 0.381. The third-order valence-electron chi connectivity index (χ3n) is 5.03. The van der Waals surface area contributed by atoms with Gasteiger partial charge in [-0.3, -0.25) is 9.69 Å². The number of carboxylic acids is 1. The van der Waals surface area contributed by atoms with E-state index in [1.807, 2.05) is 48.5 Å². The number of nitrogens with zero attached hydrogens (tertiary/aromatic N) is 1. The van der Waals surface area contributed by atoms with Gasteiger partial charge >= 0.3 is 5.97 Å². The number of carbonyl (C=O) groups is 1. The summed E-state index contributed by atoms with van der Waals surface area (Å²) in [6.07, 6.45) is 2.55. The number of hydrogen-bond donors (Lipinski definition) is 1. The molecular weight excluding hydrogens is 330 g/mol. The highest BCUT2D eigenvalue weighted by Crippen LogP contribution is 2.41. The zero-order chi connectivity index (χ0) is 18.5. The molecule has 1 saturated heterocycles. The molecule has 0 radical (unpaired) electrons. The maximum Gasteiger partial charge on any atom is 0.320 e. The summed E-state index contributed by atoms with van der Waals surface area (Å²) in [6.45, 7) is 0.720. The van der Waals surface area contributed by atoms with Gasteiger partial charge in [0.2, 0.25) is 0 Å². The highest BCUT2D eigenvalue weighted by molar-refractivity contribution is 5.74. The lowest BCUT2D eigenvalue weighted by atomic mass is 9.90. The molecule has 0 aliphatic carbocycles. The van der Waals surface area contributed by atoms with Crippen LogP contribution in [-0.2, 0) is 4.79 Å². The van der Waals surface area contributed by atoms with Gasteiger partial charge in [-0.1, -0.05) is 42.8 Å². The second kappa shape index (κ2) is 8.23. The van der Waals surface area contributed by atoms with E-state index in [2.05, 4.69) is 4.90 Å². The number of carboxylic acid groups (broad SMARTS) is 1. The molecule has 5 nitrogen and oxygen atoms in total. The third-order valence-corrected chi connectivity index (χ3v) is 5.03. The van der Waals surface area contributed by atoms with Crippen molar-refractivity contribution in [2.24, 2.45) is 0 Å². The lowest BCUT2D eigenvalue weighted by molar-refractivity contribution is -0.145. The van der Waals surface area contributed by atoms with E-state index in [0.29, 0.717) is 6.42 Å². The number of aliphatic carboxylic acids is 1. The standard InChI is InChI=1S/C21H25NO4/c1-25-18-12-5-3-9-15(18)20(16-10-4-6-13-19(16)26-2)22-14-8-7-11-17(22)21(23)24/h3-6,9-10,12-13,17,20H,7-8,11,14H2,1-2H3,(H,23,24). The molecule has 3 rings (SSSR count). The summed E-state index contributed by atoms with van der Waals surface area (Å²) in [5, 5.41) is 9.80. The lowest BCUT2D eigenvalue weighted by Crippen LogP contribution is -2.47. The van der Waals surface area contributed by atoms with Crippen molar-refractivity contribution < 1.29 is 19.4 Å². The van der Waals surface area contributed by atoms with E-state index in [0.717, 1.165) is 42.0 Å². The van der Waals surface area contributed by atoms with Gasteiger partial charge in [0.1, 0.15) is 17.5 Å². The fourth-order valence-electron chi connectivity index (χ4n) is 3.84. The molecule has 1 aliphatic rings. The van der Waals surface area contributed by atoms with E-state index in [1.165, 1.54) is 0 Å². The number of rotatable bonds is 6. The Bertz CT molecular complexity index is 714. The molecule has 5 heteroatoms. The zero-order valence-corrected chi connectivity index (χ0v) is 15.2. The Morgan fingerprint density at radius 2 is 1.54 bits per heavy atom. The summed E-state index contributed by atoms with van der Waals surface area (Å²) in [6, 6.07) is 14.8. The molecule has 0 aromatic heterocycles. The van der Waals surface area contributed by atoms with Crippen molar-refractivity contribution >= 4 is 5.97 Å². The van der Waals surface area contributed by atoms with E-state index in [-0.39, 0.29) is 6.04 Å². The molecule has 1 N–H and O–H groups in total. The minimum Gasteiger partial charge on any atom is -0.496 e. The number of piperidine rings is 1. The molecule has 2 aromatic rings. The summed E-state index contributed by atoms with van der Waals surface area (Å²) < 4.78 is 11.2. The molecule has 0 bridgehead atoms. The van der Waals surface area contributed by atoms with Crippen molar-refractivity contribution in [3.05, 3.63) is 59.7 Å². The van der Waals surface area contributed by atoms with Crippen LogP contribution in [0.25, 0.3) is 0 Å². The molecule has 1 aliphatic heterocycles. The normalized spacial score (nSPS) is 17.9. The predicted molar refractivity (Wildman–Crippen MR) is 99.8 cm³/mol. The number of likely N-dealkylation sites (tertiary alicyclic amines) is 1. The summed E-state index contributed by atoms with van der Waals surface area (Å²) in [7, 11) is 3.28. The Hall–Kier alpha value is -2.53.